The molecule has 0 amide bonds. The maximum atomic E-state index is 12.5. The summed E-state index contributed by atoms with van der Waals surface area (Å²) in [6, 6.07) is 1.58. The van der Waals surface area contributed by atoms with E-state index in [2.05, 4.69) is 26.4 Å². The van der Waals surface area contributed by atoms with Crippen molar-refractivity contribution in [2.45, 2.75) is 18.6 Å². The topological polar surface area (TPSA) is 100 Å². The van der Waals surface area contributed by atoms with Crippen molar-refractivity contribution in [2.75, 3.05) is 53.0 Å². The number of aliphatic imine (C=N–C) groups is 1. The van der Waals surface area contributed by atoms with Gasteiger partial charge in [-0.25, -0.2) is 8.42 Å². The van der Waals surface area contributed by atoms with E-state index in [1.54, 1.807) is 13.1 Å². The Balaban J connectivity index is 1.46. The molecule has 0 atom stereocenters. The van der Waals surface area contributed by atoms with Gasteiger partial charge in [0.25, 0.3) is 0 Å². The first kappa shape index (κ1) is 19.8. The van der Waals surface area contributed by atoms with Gasteiger partial charge < -0.3 is 19.5 Å². The number of nitrogens with zero attached hydrogens (tertiary/aromatic N) is 4. The SMILES string of the molecule is CN=C(NCCC1=CCOCC1)N1CCN(S(=O)(=O)Cc2ccon2)CC1. The summed E-state index contributed by atoms with van der Waals surface area (Å²) >= 11 is 0. The van der Waals surface area contributed by atoms with E-state index >= 15 is 0 Å². The fourth-order valence-corrected chi connectivity index (χ4v) is 4.65. The highest BCUT2D eigenvalue weighted by molar-refractivity contribution is 7.88. The number of hydrogen-bond acceptors (Lipinski definition) is 6. The van der Waals surface area contributed by atoms with Crippen molar-refractivity contribution in [2.24, 2.45) is 4.99 Å². The van der Waals surface area contributed by atoms with Gasteiger partial charge in [-0.1, -0.05) is 16.8 Å². The smallest absolute Gasteiger partial charge is 0.220 e. The maximum absolute atomic E-state index is 12.5. The Kier molecular flexibility index (Phi) is 6.86. The molecule has 0 saturated carbocycles. The predicted octanol–water partition coefficient (Wildman–Crippen LogP) is 0.434. The van der Waals surface area contributed by atoms with Crippen LogP contribution in [0.4, 0.5) is 0 Å². The van der Waals surface area contributed by atoms with E-state index < -0.39 is 10.0 Å². The van der Waals surface area contributed by atoms with Crippen LogP contribution in [0.15, 0.2) is 33.5 Å². The molecule has 10 heteroatoms. The summed E-state index contributed by atoms with van der Waals surface area (Å²) in [5.41, 5.74) is 1.84. The number of ether oxygens (including phenoxy) is 1. The molecule has 0 aliphatic carbocycles. The number of sulfonamides is 1. The first-order valence-electron chi connectivity index (χ1n) is 9.17. The summed E-state index contributed by atoms with van der Waals surface area (Å²) < 4.78 is 36.6. The Morgan fingerprint density at radius 2 is 2.15 bits per heavy atom. The van der Waals surface area contributed by atoms with Gasteiger partial charge in [0.15, 0.2) is 5.96 Å². The van der Waals surface area contributed by atoms with Gasteiger partial charge in [0.2, 0.25) is 10.0 Å². The monoisotopic (exact) mass is 397 g/mol. The molecule has 2 aliphatic rings. The lowest BCUT2D eigenvalue weighted by atomic mass is 10.1. The minimum absolute atomic E-state index is 0.130. The first-order valence-corrected chi connectivity index (χ1v) is 10.8. The van der Waals surface area contributed by atoms with Crippen LogP contribution in [0.1, 0.15) is 18.5 Å². The highest BCUT2D eigenvalue weighted by Crippen LogP contribution is 2.13. The minimum atomic E-state index is -3.39. The van der Waals surface area contributed by atoms with Gasteiger partial charge in [0, 0.05) is 45.8 Å². The summed E-state index contributed by atoms with van der Waals surface area (Å²) in [5, 5.41) is 7.07. The Labute approximate surface area is 160 Å². The number of piperazine rings is 1. The van der Waals surface area contributed by atoms with Crippen LogP contribution in [0.5, 0.6) is 0 Å². The Bertz CT molecular complexity index is 752. The summed E-state index contributed by atoms with van der Waals surface area (Å²) in [7, 11) is -1.64. The van der Waals surface area contributed by atoms with E-state index in [0.29, 0.717) is 38.5 Å². The third-order valence-corrected chi connectivity index (χ3v) is 6.56. The molecule has 1 saturated heterocycles. The standard InChI is InChI=1S/C17H27N5O4S/c1-18-17(19-6-2-15-3-11-25-12-4-15)21-7-9-22(10-8-21)27(23,24)14-16-5-13-26-20-16/h3,5,13H,2,4,6-12,14H2,1H3,(H,18,19). The van der Waals surface area contributed by atoms with Crippen LogP contribution in [0, 0.1) is 0 Å². The second-order valence-electron chi connectivity index (χ2n) is 6.54. The molecule has 2 aliphatic heterocycles. The lowest BCUT2D eigenvalue weighted by Gasteiger charge is -2.35. The summed E-state index contributed by atoms with van der Waals surface area (Å²) in [6.07, 6.45) is 5.48. The van der Waals surface area contributed by atoms with Gasteiger partial charge >= 0.3 is 0 Å². The second-order valence-corrected chi connectivity index (χ2v) is 8.51. The van der Waals surface area contributed by atoms with Crippen molar-refractivity contribution in [1.29, 1.82) is 0 Å². The highest BCUT2D eigenvalue weighted by atomic mass is 32.2. The average Bonchev–Trinajstić information content (AvgIpc) is 3.18. The van der Waals surface area contributed by atoms with E-state index in [9.17, 15) is 8.42 Å². The van der Waals surface area contributed by atoms with Crippen LogP contribution in [0.25, 0.3) is 0 Å². The van der Waals surface area contributed by atoms with Crippen molar-refractivity contribution in [3.05, 3.63) is 29.7 Å². The molecule has 0 spiro atoms. The van der Waals surface area contributed by atoms with E-state index in [4.69, 9.17) is 9.26 Å². The lowest BCUT2D eigenvalue weighted by Crippen LogP contribution is -2.54. The molecule has 0 aromatic carbocycles. The zero-order valence-electron chi connectivity index (χ0n) is 15.6. The largest absolute Gasteiger partial charge is 0.377 e. The molecule has 0 unspecified atom stereocenters. The van der Waals surface area contributed by atoms with Crippen molar-refractivity contribution >= 4 is 16.0 Å². The van der Waals surface area contributed by atoms with Gasteiger partial charge in [-0.3, -0.25) is 4.99 Å². The van der Waals surface area contributed by atoms with Crippen LogP contribution in [-0.2, 0) is 20.5 Å². The zero-order chi connectivity index (χ0) is 19.1. The highest BCUT2D eigenvalue weighted by Gasteiger charge is 2.28. The van der Waals surface area contributed by atoms with Gasteiger partial charge in [-0.05, 0) is 12.8 Å². The zero-order valence-corrected chi connectivity index (χ0v) is 16.4. The number of guanidine groups is 1. The van der Waals surface area contributed by atoms with Crippen LogP contribution in [0.3, 0.4) is 0 Å². The first-order chi connectivity index (χ1) is 13.1. The number of aromatic nitrogens is 1. The molecule has 1 aromatic rings. The van der Waals surface area contributed by atoms with Crippen LogP contribution in [0.2, 0.25) is 0 Å². The van der Waals surface area contributed by atoms with Crippen LogP contribution in [-0.4, -0.2) is 81.7 Å². The minimum Gasteiger partial charge on any atom is -0.377 e. The number of hydrogen-bond donors (Lipinski definition) is 1. The Hall–Kier alpha value is -1.91. The Morgan fingerprint density at radius 3 is 2.78 bits per heavy atom. The summed E-state index contributed by atoms with van der Waals surface area (Å²) in [4.78, 5) is 6.44. The third kappa shape index (κ3) is 5.53. The van der Waals surface area contributed by atoms with Crippen molar-refractivity contribution in [3.8, 4) is 0 Å². The van der Waals surface area contributed by atoms with Gasteiger partial charge in [0.05, 0.1) is 18.9 Å². The molecule has 0 bridgehead atoms. The summed E-state index contributed by atoms with van der Waals surface area (Å²) in [6.45, 7) is 4.39. The number of rotatable bonds is 6. The van der Waals surface area contributed by atoms with Gasteiger partial charge in [-0.2, -0.15) is 4.31 Å². The molecular weight excluding hydrogens is 370 g/mol. The van der Waals surface area contributed by atoms with Crippen molar-refractivity contribution in [3.63, 3.8) is 0 Å². The second kappa shape index (κ2) is 9.34. The molecule has 0 radical (unpaired) electrons. The molecule has 1 aromatic heterocycles. The summed E-state index contributed by atoms with van der Waals surface area (Å²) in [5.74, 6) is 0.686. The molecular formula is C17H27N5O4S. The third-order valence-electron chi connectivity index (χ3n) is 4.75. The van der Waals surface area contributed by atoms with Crippen LogP contribution < -0.4 is 5.32 Å². The molecule has 150 valence electrons. The van der Waals surface area contributed by atoms with Crippen molar-refractivity contribution < 1.29 is 17.7 Å². The molecule has 9 nitrogen and oxygen atoms in total. The normalized spacial score (nSPS) is 19.8. The van der Waals surface area contributed by atoms with E-state index in [1.807, 2.05) is 0 Å². The fraction of sp³-hybridized carbons (Fsp3) is 0.647. The fourth-order valence-electron chi connectivity index (χ4n) is 3.23. The molecule has 3 rings (SSSR count). The lowest BCUT2D eigenvalue weighted by molar-refractivity contribution is 0.153. The van der Waals surface area contributed by atoms with Gasteiger partial charge in [-0.15, -0.1) is 0 Å². The molecule has 3 heterocycles. The quantitative estimate of drug-likeness (QED) is 0.422. The average molecular weight is 398 g/mol. The van der Waals surface area contributed by atoms with E-state index in [1.165, 1.54) is 16.1 Å². The predicted molar refractivity (Wildman–Crippen MR) is 102 cm³/mol. The van der Waals surface area contributed by atoms with E-state index in [-0.39, 0.29) is 5.75 Å². The van der Waals surface area contributed by atoms with Crippen LogP contribution >= 0.6 is 0 Å². The maximum Gasteiger partial charge on any atom is 0.220 e. The molecule has 1 fully saturated rings. The number of nitrogens with one attached hydrogen (secondary N) is 1. The van der Waals surface area contributed by atoms with E-state index in [0.717, 1.165) is 32.0 Å². The molecule has 1 N–H and O–H groups in total. The van der Waals surface area contributed by atoms with Crippen molar-refractivity contribution in [1.82, 2.24) is 19.7 Å². The molecule has 27 heavy (non-hydrogen) atoms. The van der Waals surface area contributed by atoms with Gasteiger partial charge in [0.1, 0.15) is 12.0 Å². The Morgan fingerprint density at radius 1 is 1.33 bits per heavy atom.